The van der Waals surface area contributed by atoms with Gasteiger partial charge in [-0.2, -0.15) is 0 Å². The monoisotopic (exact) mass is 145 g/mol. The zero-order valence-corrected chi connectivity index (χ0v) is 6.58. The number of hydrogen-bond acceptors (Lipinski definition) is 3. The number of likely N-dealkylation sites (tertiary alicyclic amines) is 1. The lowest BCUT2D eigenvalue weighted by atomic mass is 10.2. The summed E-state index contributed by atoms with van der Waals surface area (Å²) in [6.45, 7) is 4.22. The first-order valence-electron chi connectivity index (χ1n) is 3.66. The van der Waals surface area contributed by atoms with Crippen LogP contribution in [0.15, 0.2) is 0 Å². The summed E-state index contributed by atoms with van der Waals surface area (Å²) in [5, 5.41) is 8.85. The van der Waals surface area contributed by atoms with Gasteiger partial charge in [-0.1, -0.05) is 0 Å². The summed E-state index contributed by atoms with van der Waals surface area (Å²) in [7, 11) is 2.06. The second-order valence-electron chi connectivity index (χ2n) is 3.03. The van der Waals surface area contributed by atoms with E-state index in [4.69, 9.17) is 9.84 Å². The molecule has 1 rings (SSSR count). The minimum atomic E-state index is -0.328. The fraction of sp³-hybridized carbons (Fsp3) is 1.00. The van der Waals surface area contributed by atoms with E-state index in [1.54, 1.807) is 6.92 Å². The Bertz CT molecular complexity index is 99.8. The van der Waals surface area contributed by atoms with Crippen molar-refractivity contribution in [1.29, 1.82) is 0 Å². The molecule has 1 atom stereocenters. The van der Waals surface area contributed by atoms with E-state index < -0.39 is 0 Å². The van der Waals surface area contributed by atoms with Crippen LogP contribution in [0.25, 0.3) is 0 Å². The van der Waals surface area contributed by atoms with E-state index in [9.17, 15) is 0 Å². The van der Waals surface area contributed by atoms with Crippen molar-refractivity contribution in [3.63, 3.8) is 0 Å². The molecule has 0 aromatic heterocycles. The molecule has 1 saturated heterocycles. The standard InChI is InChI=1S/C7H15NO2/c1-6(9)5-10-7-3-8(2)4-7/h6-7,9H,3-5H2,1-2H3. The molecule has 1 heterocycles. The molecule has 1 aliphatic heterocycles. The molecule has 1 unspecified atom stereocenters. The van der Waals surface area contributed by atoms with Crippen molar-refractivity contribution < 1.29 is 9.84 Å². The summed E-state index contributed by atoms with van der Waals surface area (Å²) < 4.78 is 5.32. The van der Waals surface area contributed by atoms with E-state index in [2.05, 4.69) is 11.9 Å². The van der Waals surface area contributed by atoms with Gasteiger partial charge < -0.3 is 14.7 Å². The van der Waals surface area contributed by atoms with Crippen molar-refractivity contribution in [1.82, 2.24) is 4.90 Å². The van der Waals surface area contributed by atoms with Crippen LogP contribution in [0.5, 0.6) is 0 Å². The largest absolute Gasteiger partial charge is 0.391 e. The van der Waals surface area contributed by atoms with Crippen molar-refractivity contribution in [2.45, 2.75) is 19.1 Å². The van der Waals surface area contributed by atoms with Gasteiger partial charge in [-0.05, 0) is 14.0 Å². The molecule has 0 spiro atoms. The topological polar surface area (TPSA) is 32.7 Å². The summed E-state index contributed by atoms with van der Waals surface area (Å²) in [5.41, 5.74) is 0. The smallest absolute Gasteiger partial charge is 0.0829 e. The Morgan fingerprint density at radius 2 is 2.30 bits per heavy atom. The van der Waals surface area contributed by atoms with E-state index in [0.717, 1.165) is 13.1 Å². The molecule has 0 aromatic carbocycles. The van der Waals surface area contributed by atoms with Crippen LogP contribution in [0.1, 0.15) is 6.92 Å². The van der Waals surface area contributed by atoms with Crippen molar-refractivity contribution in [3.8, 4) is 0 Å². The molecule has 0 saturated carbocycles. The highest BCUT2D eigenvalue weighted by Crippen LogP contribution is 2.08. The Morgan fingerprint density at radius 3 is 2.70 bits per heavy atom. The molecule has 3 heteroatoms. The van der Waals surface area contributed by atoms with Crippen LogP contribution in [0.3, 0.4) is 0 Å². The van der Waals surface area contributed by atoms with Gasteiger partial charge in [0.25, 0.3) is 0 Å². The summed E-state index contributed by atoms with van der Waals surface area (Å²) >= 11 is 0. The van der Waals surface area contributed by atoms with Gasteiger partial charge >= 0.3 is 0 Å². The molecule has 0 radical (unpaired) electrons. The number of likely N-dealkylation sites (N-methyl/N-ethyl adjacent to an activating group) is 1. The number of nitrogens with zero attached hydrogens (tertiary/aromatic N) is 1. The second-order valence-corrected chi connectivity index (χ2v) is 3.03. The summed E-state index contributed by atoms with van der Waals surface area (Å²) in [6, 6.07) is 0. The molecular weight excluding hydrogens is 130 g/mol. The Kier molecular flexibility index (Phi) is 2.65. The number of rotatable bonds is 3. The second kappa shape index (κ2) is 3.32. The van der Waals surface area contributed by atoms with E-state index in [1.165, 1.54) is 0 Å². The molecule has 60 valence electrons. The van der Waals surface area contributed by atoms with Crippen molar-refractivity contribution in [3.05, 3.63) is 0 Å². The first-order chi connectivity index (χ1) is 4.68. The summed E-state index contributed by atoms with van der Waals surface area (Å²) in [5.74, 6) is 0. The number of aliphatic hydroxyl groups excluding tert-OH is 1. The Morgan fingerprint density at radius 1 is 1.70 bits per heavy atom. The van der Waals surface area contributed by atoms with Gasteiger partial charge in [0, 0.05) is 13.1 Å². The van der Waals surface area contributed by atoms with Crippen LogP contribution in [0.2, 0.25) is 0 Å². The van der Waals surface area contributed by atoms with Crippen LogP contribution in [0.4, 0.5) is 0 Å². The molecule has 1 aliphatic rings. The Balaban J connectivity index is 1.95. The van der Waals surface area contributed by atoms with Crippen molar-refractivity contribution in [2.75, 3.05) is 26.7 Å². The van der Waals surface area contributed by atoms with Crippen LogP contribution >= 0.6 is 0 Å². The molecule has 1 fully saturated rings. The highest BCUT2D eigenvalue weighted by atomic mass is 16.5. The van der Waals surface area contributed by atoms with Gasteiger partial charge in [0.2, 0.25) is 0 Å². The number of ether oxygens (including phenoxy) is 1. The quantitative estimate of drug-likeness (QED) is 0.591. The average molecular weight is 145 g/mol. The lowest BCUT2D eigenvalue weighted by Crippen LogP contribution is -2.50. The maximum Gasteiger partial charge on any atom is 0.0829 e. The Labute approximate surface area is 61.6 Å². The number of aliphatic hydroxyl groups is 1. The van der Waals surface area contributed by atoms with Crippen LogP contribution in [-0.4, -0.2) is 49.0 Å². The molecule has 0 bridgehead atoms. The lowest BCUT2D eigenvalue weighted by Gasteiger charge is -2.36. The van der Waals surface area contributed by atoms with E-state index >= 15 is 0 Å². The predicted octanol–water partition coefficient (Wildman–Crippen LogP) is -0.302. The van der Waals surface area contributed by atoms with Gasteiger partial charge in [-0.25, -0.2) is 0 Å². The molecule has 1 N–H and O–H groups in total. The summed E-state index contributed by atoms with van der Waals surface area (Å²) in [6.07, 6.45) is 0.0329. The highest BCUT2D eigenvalue weighted by molar-refractivity contribution is 4.77. The third-order valence-electron chi connectivity index (χ3n) is 1.60. The third-order valence-corrected chi connectivity index (χ3v) is 1.60. The average Bonchev–Trinajstić information content (AvgIpc) is 1.77. The lowest BCUT2D eigenvalue weighted by molar-refractivity contribution is -0.0689. The molecule has 10 heavy (non-hydrogen) atoms. The number of hydrogen-bond donors (Lipinski definition) is 1. The molecular formula is C7H15NO2. The van der Waals surface area contributed by atoms with E-state index in [0.29, 0.717) is 12.7 Å². The minimum absolute atomic E-state index is 0.328. The van der Waals surface area contributed by atoms with Gasteiger partial charge in [0.05, 0.1) is 18.8 Å². The maximum atomic E-state index is 8.85. The molecule has 0 amide bonds. The summed E-state index contributed by atoms with van der Waals surface area (Å²) in [4.78, 5) is 2.19. The molecule has 0 aliphatic carbocycles. The zero-order valence-electron chi connectivity index (χ0n) is 6.58. The van der Waals surface area contributed by atoms with Gasteiger partial charge in [0.15, 0.2) is 0 Å². The normalized spacial score (nSPS) is 24.3. The zero-order chi connectivity index (χ0) is 7.56. The van der Waals surface area contributed by atoms with Crippen molar-refractivity contribution in [2.24, 2.45) is 0 Å². The van der Waals surface area contributed by atoms with E-state index in [1.807, 2.05) is 0 Å². The first-order valence-corrected chi connectivity index (χ1v) is 3.66. The van der Waals surface area contributed by atoms with Crippen molar-refractivity contribution >= 4 is 0 Å². The third kappa shape index (κ3) is 2.25. The SMILES string of the molecule is CC(O)COC1CN(C)C1. The predicted molar refractivity (Wildman–Crippen MR) is 38.9 cm³/mol. The van der Waals surface area contributed by atoms with Gasteiger partial charge in [-0.3, -0.25) is 0 Å². The van der Waals surface area contributed by atoms with Gasteiger partial charge in [0.1, 0.15) is 0 Å². The highest BCUT2D eigenvalue weighted by Gasteiger charge is 2.23. The Hall–Kier alpha value is -0.120. The van der Waals surface area contributed by atoms with E-state index in [-0.39, 0.29) is 6.10 Å². The van der Waals surface area contributed by atoms with Crippen LogP contribution in [0, 0.1) is 0 Å². The van der Waals surface area contributed by atoms with Crippen LogP contribution < -0.4 is 0 Å². The fourth-order valence-electron chi connectivity index (χ4n) is 1.02. The minimum Gasteiger partial charge on any atom is -0.391 e. The first kappa shape index (κ1) is 7.98. The molecule has 3 nitrogen and oxygen atoms in total. The molecule has 0 aromatic rings. The van der Waals surface area contributed by atoms with Crippen LogP contribution in [-0.2, 0) is 4.74 Å². The fourth-order valence-corrected chi connectivity index (χ4v) is 1.02. The van der Waals surface area contributed by atoms with Gasteiger partial charge in [-0.15, -0.1) is 0 Å². The maximum absolute atomic E-state index is 8.85.